The largest absolute Gasteiger partial charge is 0.507 e. The van der Waals surface area contributed by atoms with E-state index in [1.54, 1.807) is 18.2 Å². The molecule has 0 unspecified atom stereocenters. The number of allylic oxidation sites excluding steroid dienone is 1. The van der Waals surface area contributed by atoms with Crippen LogP contribution in [0.2, 0.25) is 0 Å². The van der Waals surface area contributed by atoms with Crippen LogP contribution in [-0.2, 0) is 6.42 Å². The number of hydrogen-bond donors (Lipinski definition) is 1. The highest BCUT2D eigenvalue weighted by Gasteiger charge is 1.98. The number of carbonyl (C=O) groups excluding carboxylic acids is 1. The summed E-state index contributed by atoms with van der Waals surface area (Å²) in [6.45, 7) is 0. The second kappa shape index (κ2) is 8.05. The average molecular weight is 280 g/mol. The van der Waals surface area contributed by atoms with Gasteiger partial charge in [-0.2, -0.15) is 0 Å². The molecule has 21 heavy (non-hydrogen) atoms. The van der Waals surface area contributed by atoms with Gasteiger partial charge in [-0.3, -0.25) is 4.79 Å². The number of hydrogen-bond acceptors (Lipinski definition) is 2. The first kappa shape index (κ1) is 15.0. The molecule has 0 aliphatic rings. The molecular formula is C19H20O2. The van der Waals surface area contributed by atoms with Crippen LogP contribution in [-0.4, -0.2) is 11.4 Å². The Morgan fingerprint density at radius 2 is 1.81 bits per heavy atom. The Morgan fingerprint density at radius 1 is 1.00 bits per heavy atom. The minimum absolute atomic E-state index is 0.209. The third-order valence-corrected chi connectivity index (χ3v) is 3.41. The van der Waals surface area contributed by atoms with Crippen LogP contribution < -0.4 is 0 Å². The maximum Gasteiger partial charge on any atom is 0.150 e. The second-order valence-corrected chi connectivity index (χ2v) is 5.07. The van der Waals surface area contributed by atoms with Crippen molar-refractivity contribution in [1.29, 1.82) is 0 Å². The zero-order valence-electron chi connectivity index (χ0n) is 12.0. The second-order valence-electron chi connectivity index (χ2n) is 5.07. The summed E-state index contributed by atoms with van der Waals surface area (Å²) in [5.74, 6) is 0.209. The van der Waals surface area contributed by atoms with Crippen LogP contribution in [0.25, 0.3) is 6.08 Å². The molecule has 0 heterocycles. The van der Waals surface area contributed by atoms with Crippen molar-refractivity contribution in [1.82, 2.24) is 0 Å². The van der Waals surface area contributed by atoms with Gasteiger partial charge in [0.25, 0.3) is 0 Å². The molecule has 2 aromatic rings. The van der Waals surface area contributed by atoms with Crippen molar-refractivity contribution < 1.29 is 9.90 Å². The van der Waals surface area contributed by atoms with Crippen molar-refractivity contribution >= 4 is 12.4 Å². The minimum atomic E-state index is 0.209. The van der Waals surface area contributed by atoms with Crippen LogP contribution in [0, 0.1) is 0 Å². The normalized spacial score (nSPS) is 10.9. The Balaban J connectivity index is 1.77. The van der Waals surface area contributed by atoms with Crippen molar-refractivity contribution in [2.24, 2.45) is 0 Å². The molecule has 108 valence electrons. The summed E-state index contributed by atoms with van der Waals surface area (Å²) in [5.41, 5.74) is 2.65. The number of phenolic OH excluding ortho intramolecular Hbond substituents is 1. The SMILES string of the molecule is O=Cc1ccc(O)c(/C=C/CCCCc2ccccc2)c1. The number of aldehydes is 1. The maximum absolute atomic E-state index is 10.7. The molecule has 2 rings (SSSR count). The molecule has 0 aliphatic heterocycles. The highest BCUT2D eigenvalue weighted by atomic mass is 16.3. The first-order chi connectivity index (χ1) is 10.3. The zero-order valence-corrected chi connectivity index (χ0v) is 12.0. The number of benzene rings is 2. The highest BCUT2D eigenvalue weighted by Crippen LogP contribution is 2.19. The standard InChI is InChI=1S/C19H20O2/c20-15-17-12-13-19(21)18(14-17)11-7-2-1-4-8-16-9-5-3-6-10-16/h3,5-7,9-15,21H,1-2,4,8H2/b11-7+. The third kappa shape index (κ3) is 4.92. The Labute approximate surface area is 125 Å². The monoisotopic (exact) mass is 280 g/mol. The van der Waals surface area contributed by atoms with Gasteiger partial charge in [-0.15, -0.1) is 0 Å². The van der Waals surface area contributed by atoms with E-state index in [1.807, 2.05) is 12.1 Å². The Kier molecular flexibility index (Phi) is 5.77. The van der Waals surface area contributed by atoms with Crippen molar-refractivity contribution in [3.8, 4) is 5.75 Å². The van der Waals surface area contributed by atoms with Crippen molar-refractivity contribution in [3.63, 3.8) is 0 Å². The Bertz CT molecular complexity index is 600. The van der Waals surface area contributed by atoms with Gasteiger partial charge in [0.15, 0.2) is 0 Å². The predicted molar refractivity (Wildman–Crippen MR) is 86.5 cm³/mol. The molecule has 0 radical (unpaired) electrons. The van der Waals surface area contributed by atoms with Gasteiger partial charge in [0.2, 0.25) is 0 Å². The van der Waals surface area contributed by atoms with Gasteiger partial charge in [0.1, 0.15) is 12.0 Å². The van der Waals surface area contributed by atoms with E-state index in [1.165, 1.54) is 5.56 Å². The molecule has 0 atom stereocenters. The molecule has 0 amide bonds. The molecule has 0 bridgehead atoms. The van der Waals surface area contributed by atoms with E-state index in [4.69, 9.17) is 0 Å². The summed E-state index contributed by atoms with van der Waals surface area (Å²) >= 11 is 0. The Hall–Kier alpha value is -2.35. The number of carbonyl (C=O) groups is 1. The van der Waals surface area contributed by atoms with Crippen LogP contribution in [0.5, 0.6) is 5.75 Å². The zero-order chi connectivity index (χ0) is 14.9. The predicted octanol–water partition coefficient (Wildman–Crippen LogP) is 4.63. The highest BCUT2D eigenvalue weighted by molar-refractivity contribution is 5.77. The van der Waals surface area contributed by atoms with Gasteiger partial charge in [0, 0.05) is 11.1 Å². The van der Waals surface area contributed by atoms with E-state index < -0.39 is 0 Å². The van der Waals surface area contributed by atoms with Gasteiger partial charge < -0.3 is 5.11 Å². The molecule has 0 aromatic heterocycles. The molecule has 0 fully saturated rings. The van der Waals surface area contributed by atoms with E-state index >= 15 is 0 Å². The lowest BCUT2D eigenvalue weighted by molar-refractivity contribution is 0.112. The molecule has 0 spiro atoms. The number of rotatable bonds is 7. The average Bonchev–Trinajstić information content (AvgIpc) is 2.53. The van der Waals surface area contributed by atoms with E-state index in [2.05, 4.69) is 30.3 Å². The lowest BCUT2D eigenvalue weighted by Gasteiger charge is -2.01. The molecule has 2 heteroatoms. The number of phenols is 1. The quantitative estimate of drug-likeness (QED) is 0.593. The van der Waals surface area contributed by atoms with Crippen LogP contribution in [0.3, 0.4) is 0 Å². The van der Waals surface area contributed by atoms with Gasteiger partial charge in [-0.1, -0.05) is 42.5 Å². The summed E-state index contributed by atoms with van der Waals surface area (Å²) in [6, 6.07) is 15.3. The van der Waals surface area contributed by atoms with Crippen LogP contribution in [0.15, 0.2) is 54.6 Å². The van der Waals surface area contributed by atoms with Gasteiger partial charge in [-0.05, 0) is 49.4 Å². The fourth-order valence-electron chi connectivity index (χ4n) is 2.23. The lowest BCUT2D eigenvalue weighted by Crippen LogP contribution is -1.84. The molecule has 0 aliphatic carbocycles. The van der Waals surface area contributed by atoms with Gasteiger partial charge >= 0.3 is 0 Å². The van der Waals surface area contributed by atoms with Crippen LogP contribution in [0.1, 0.15) is 40.7 Å². The summed E-state index contributed by atoms with van der Waals surface area (Å²) in [6.07, 6.45) is 9.04. The summed E-state index contributed by atoms with van der Waals surface area (Å²) in [4.78, 5) is 10.7. The molecular weight excluding hydrogens is 260 g/mol. The van der Waals surface area contributed by atoms with E-state index in [0.29, 0.717) is 11.1 Å². The van der Waals surface area contributed by atoms with Gasteiger partial charge in [-0.25, -0.2) is 0 Å². The molecule has 0 saturated carbocycles. The smallest absolute Gasteiger partial charge is 0.150 e. The topological polar surface area (TPSA) is 37.3 Å². The summed E-state index contributed by atoms with van der Waals surface area (Å²) in [5, 5.41) is 9.71. The number of aromatic hydroxyl groups is 1. The van der Waals surface area contributed by atoms with E-state index in [0.717, 1.165) is 32.0 Å². The first-order valence-corrected chi connectivity index (χ1v) is 7.28. The lowest BCUT2D eigenvalue weighted by atomic mass is 10.1. The van der Waals surface area contributed by atoms with Crippen molar-refractivity contribution in [2.75, 3.05) is 0 Å². The number of aryl methyl sites for hydroxylation is 1. The molecule has 2 nitrogen and oxygen atoms in total. The van der Waals surface area contributed by atoms with Gasteiger partial charge in [0.05, 0.1) is 0 Å². The van der Waals surface area contributed by atoms with E-state index in [-0.39, 0.29) is 5.75 Å². The fourth-order valence-corrected chi connectivity index (χ4v) is 2.23. The maximum atomic E-state index is 10.7. The third-order valence-electron chi connectivity index (χ3n) is 3.41. The Morgan fingerprint density at radius 3 is 2.57 bits per heavy atom. The summed E-state index contributed by atoms with van der Waals surface area (Å²) in [7, 11) is 0. The van der Waals surface area contributed by atoms with E-state index in [9.17, 15) is 9.90 Å². The molecule has 0 saturated heterocycles. The number of unbranched alkanes of at least 4 members (excludes halogenated alkanes) is 2. The fraction of sp³-hybridized carbons (Fsp3) is 0.211. The molecule has 2 aromatic carbocycles. The minimum Gasteiger partial charge on any atom is -0.507 e. The molecule has 1 N–H and O–H groups in total. The first-order valence-electron chi connectivity index (χ1n) is 7.28. The van der Waals surface area contributed by atoms with Crippen molar-refractivity contribution in [2.45, 2.75) is 25.7 Å². The van der Waals surface area contributed by atoms with Crippen LogP contribution in [0.4, 0.5) is 0 Å². The summed E-state index contributed by atoms with van der Waals surface area (Å²) < 4.78 is 0. The van der Waals surface area contributed by atoms with Crippen molar-refractivity contribution in [3.05, 3.63) is 71.3 Å². The van der Waals surface area contributed by atoms with Crippen LogP contribution >= 0.6 is 0 Å².